The molecule has 4 rings (SSSR count). The first kappa shape index (κ1) is 20.0. The molecule has 6 nitrogen and oxygen atoms in total. The minimum absolute atomic E-state index is 0.0102. The number of sulfone groups is 1. The number of halogens is 1. The van der Waals surface area contributed by atoms with Gasteiger partial charge in [0.05, 0.1) is 36.2 Å². The summed E-state index contributed by atoms with van der Waals surface area (Å²) in [7, 11) is -1.65. The Kier molecular flexibility index (Phi) is 5.60. The third-order valence-electron chi connectivity index (χ3n) is 6.34. The van der Waals surface area contributed by atoms with Gasteiger partial charge < -0.3 is 9.64 Å². The lowest BCUT2D eigenvalue weighted by Crippen LogP contribution is -2.64. The molecule has 154 valence electrons. The number of hydrogen-bond donors (Lipinski definition) is 0. The Balaban J connectivity index is 1.67. The fourth-order valence-corrected chi connectivity index (χ4v) is 7.25. The van der Waals surface area contributed by atoms with Crippen LogP contribution in [0.25, 0.3) is 0 Å². The van der Waals surface area contributed by atoms with Crippen molar-refractivity contribution in [3.05, 3.63) is 23.2 Å². The second kappa shape index (κ2) is 7.84. The number of anilines is 1. The second-order valence-electron chi connectivity index (χ2n) is 8.11. The standard InChI is InChI=1S/C20H27ClN2O4S/c1-27-19-9-8-15(10-16(19)21)23-18-13-28(25,26)12-17(18)22(11-20(23)24)14-6-4-2-3-5-7-14/h8-10,14,17-18H,2-7,11-13H2,1H3/t17-,18+/m1/s1. The van der Waals surface area contributed by atoms with Gasteiger partial charge in [-0.05, 0) is 31.0 Å². The Morgan fingerprint density at radius 1 is 1.07 bits per heavy atom. The van der Waals surface area contributed by atoms with E-state index in [2.05, 4.69) is 4.90 Å². The molecule has 3 aliphatic rings. The van der Waals surface area contributed by atoms with Crippen molar-refractivity contribution in [2.75, 3.05) is 30.1 Å². The largest absolute Gasteiger partial charge is 0.495 e. The molecule has 1 saturated carbocycles. The Morgan fingerprint density at radius 2 is 1.75 bits per heavy atom. The van der Waals surface area contributed by atoms with Crippen LogP contribution in [-0.2, 0) is 14.6 Å². The average Bonchev–Trinajstić information content (AvgIpc) is 2.82. The zero-order valence-corrected chi connectivity index (χ0v) is 17.7. The zero-order valence-electron chi connectivity index (χ0n) is 16.1. The van der Waals surface area contributed by atoms with Crippen molar-refractivity contribution in [3.8, 4) is 5.75 Å². The minimum Gasteiger partial charge on any atom is -0.495 e. The lowest BCUT2D eigenvalue weighted by molar-refractivity contribution is -0.124. The Labute approximate surface area is 171 Å². The van der Waals surface area contributed by atoms with Gasteiger partial charge in [-0.2, -0.15) is 0 Å². The number of amides is 1. The number of nitrogens with zero attached hydrogens (tertiary/aromatic N) is 2. The number of carbonyl (C=O) groups is 1. The van der Waals surface area contributed by atoms with E-state index in [0.717, 1.165) is 25.7 Å². The number of carbonyl (C=O) groups excluding carboxylic acids is 1. The molecule has 2 atom stereocenters. The van der Waals surface area contributed by atoms with Crippen LogP contribution in [0.1, 0.15) is 38.5 Å². The molecular formula is C20H27ClN2O4S. The Hall–Kier alpha value is -1.31. The summed E-state index contributed by atoms with van der Waals surface area (Å²) in [5.41, 5.74) is 0.642. The van der Waals surface area contributed by atoms with E-state index in [1.165, 1.54) is 20.0 Å². The topological polar surface area (TPSA) is 66.9 Å². The summed E-state index contributed by atoms with van der Waals surface area (Å²) in [5, 5.41) is 0.413. The highest BCUT2D eigenvalue weighted by Gasteiger charge is 2.51. The van der Waals surface area contributed by atoms with Gasteiger partial charge >= 0.3 is 0 Å². The summed E-state index contributed by atoms with van der Waals surface area (Å²) >= 11 is 6.27. The highest BCUT2D eigenvalue weighted by Crippen LogP contribution is 2.37. The highest BCUT2D eigenvalue weighted by molar-refractivity contribution is 7.91. The molecule has 2 aliphatic heterocycles. The summed E-state index contributed by atoms with van der Waals surface area (Å²) in [6.45, 7) is 0.269. The first-order valence-corrected chi connectivity index (χ1v) is 12.2. The summed E-state index contributed by atoms with van der Waals surface area (Å²) in [5.74, 6) is 0.618. The third kappa shape index (κ3) is 3.76. The van der Waals surface area contributed by atoms with E-state index in [0.29, 0.717) is 22.5 Å². The molecular weight excluding hydrogens is 400 g/mol. The van der Waals surface area contributed by atoms with Gasteiger partial charge in [-0.3, -0.25) is 9.69 Å². The summed E-state index contributed by atoms with van der Waals surface area (Å²) < 4.78 is 30.3. The predicted molar refractivity (Wildman–Crippen MR) is 110 cm³/mol. The summed E-state index contributed by atoms with van der Waals surface area (Å²) in [6, 6.07) is 4.99. The van der Waals surface area contributed by atoms with E-state index in [1.54, 1.807) is 23.1 Å². The van der Waals surface area contributed by atoms with Crippen LogP contribution in [0.2, 0.25) is 5.02 Å². The first-order valence-electron chi connectivity index (χ1n) is 10.0. The van der Waals surface area contributed by atoms with Crippen molar-refractivity contribution in [2.45, 2.75) is 56.7 Å². The third-order valence-corrected chi connectivity index (χ3v) is 8.34. The van der Waals surface area contributed by atoms with E-state index < -0.39 is 9.84 Å². The molecule has 1 aromatic carbocycles. The fourth-order valence-electron chi connectivity index (χ4n) is 5.04. The van der Waals surface area contributed by atoms with E-state index in [4.69, 9.17) is 16.3 Å². The van der Waals surface area contributed by atoms with Crippen molar-refractivity contribution in [1.82, 2.24) is 4.90 Å². The molecule has 1 amide bonds. The molecule has 3 fully saturated rings. The van der Waals surface area contributed by atoms with Crippen LogP contribution in [0.4, 0.5) is 5.69 Å². The van der Waals surface area contributed by atoms with Gasteiger partial charge in [0.15, 0.2) is 9.84 Å². The van der Waals surface area contributed by atoms with Crippen LogP contribution in [0, 0.1) is 0 Å². The van der Waals surface area contributed by atoms with Gasteiger partial charge in [0.2, 0.25) is 5.91 Å². The second-order valence-corrected chi connectivity index (χ2v) is 10.7. The quantitative estimate of drug-likeness (QED) is 0.695. The summed E-state index contributed by atoms with van der Waals surface area (Å²) in [6.07, 6.45) is 6.84. The summed E-state index contributed by atoms with van der Waals surface area (Å²) in [4.78, 5) is 17.0. The molecule has 0 spiro atoms. The Bertz CT molecular complexity index is 852. The maximum atomic E-state index is 13.2. The lowest BCUT2D eigenvalue weighted by atomic mass is 9.97. The molecule has 8 heteroatoms. The molecule has 28 heavy (non-hydrogen) atoms. The molecule has 0 N–H and O–H groups in total. The van der Waals surface area contributed by atoms with Gasteiger partial charge in [-0.15, -0.1) is 0 Å². The lowest BCUT2D eigenvalue weighted by Gasteiger charge is -2.46. The number of ether oxygens (including phenoxy) is 1. The van der Waals surface area contributed by atoms with Crippen molar-refractivity contribution < 1.29 is 17.9 Å². The molecule has 1 aromatic rings. The fraction of sp³-hybridized carbons (Fsp3) is 0.650. The SMILES string of the molecule is COc1ccc(N2C(=O)CN(C3CCCCCC3)[C@@H]3CS(=O)(=O)C[C@@H]32)cc1Cl. The van der Waals surface area contributed by atoms with E-state index in [9.17, 15) is 13.2 Å². The number of rotatable bonds is 3. The van der Waals surface area contributed by atoms with Crippen LogP contribution in [-0.4, -0.2) is 62.5 Å². The van der Waals surface area contributed by atoms with E-state index in [-0.39, 0.29) is 36.0 Å². The molecule has 1 aliphatic carbocycles. The van der Waals surface area contributed by atoms with Gasteiger partial charge in [-0.25, -0.2) is 8.42 Å². The average molecular weight is 427 g/mol. The molecule has 0 unspecified atom stereocenters. The Morgan fingerprint density at radius 3 is 2.39 bits per heavy atom. The van der Waals surface area contributed by atoms with Crippen molar-refractivity contribution in [2.24, 2.45) is 0 Å². The van der Waals surface area contributed by atoms with Crippen LogP contribution < -0.4 is 9.64 Å². The maximum absolute atomic E-state index is 13.2. The van der Waals surface area contributed by atoms with Crippen LogP contribution in [0.5, 0.6) is 5.75 Å². The monoisotopic (exact) mass is 426 g/mol. The van der Waals surface area contributed by atoms with Crippen LogP contribution in [0.3, 0.4) is 0 Å². The van der Waals surface area contributed by atoms with Gasteiger partial charge in [0.25, 0.3) is 0 Å². The van der Waals surface area contributed by atoms with Crippen LogP contribution >= 0.6 is 11.6 Å². The van der Waals surface area contributed by atoms with Gasteiger partial charge in [-0.1, -0.05) is 37.3 Å². The van der Waals surface area contributed by atoms with Crippen molar-refractivity contribution in [1.29, 1.82) is 0 Å². The zero-order chi connectivity index (χ0) is 19.9. The van der Waals surface area contributed by atoms with E-state index >= 15 is 0 Å². The molecule has 0 radical (unpaired) electrons. The molecule has 2 saturated heterocycles. The minimum atomic E-state index is -3.19. The maximum Gasteiger partial charge on any atom is 0.241 e. The van der Waals surface area contributed by atoms with Gasteiger partial charge in [0.1, 0.15) is 5.75 Å². The number of piperazine rings is 1. The predicted octanol–water partition coefficient (Wildman–Crippen LogP) is 2.89. The molecule has 2 heterocycles. The van der Waals surface area contributed by atoms with Gasteiger partial charge in [0, 0.05) is 17.8 Å². The first-order chi connectivity index (χ1) is 13.4. The van der Waals surface area contributed by atoms with Crippen molar-refractivity contribution >= 4 is 33.0 Å². The number of fused-ring (bicyclic) bond motifs is 1. The number of methoxy groups -OCH3 is 1. The normalized spacial score (nSPS) is 28.8. The van der Waals surface area contributed by atoms with Crippen LogP contribution in [0.15, 0.2) is 18.2 Å². The number of benzene rings is 1. The van der Waals surface area contributed by atoms with E-state index in [1.807, 2.05) is 0 Å². The molecule has 0 aromatic heterocycles. The van der Waals surface area contributed by atoms with Crippen molar-refractivity contribution in [3.63, 3.8) is 0 Å². The smallest absolute Gasteiger partial charge is 0.241 e. The number of hydrogen-bond acceptors (Lipinski definition) is 5. The highest BCUT2D eigenvalue weighted by atomic mass is 35.5. The molecule has 0 bridgehead atoms.